The Labute approximate surface area is 106 Å². The zero-order valence-electron chi connectivity index (χ0n) is 11.9. The van der Waals surface area contributed by atoms with Crippen molar-refractivity contribution in [3.63, 3.8) is 0 Å². The van der Waals surface area contributed by atoms with Crippen LogP contribution in [0.25, 0.3) is 0 Å². The molecule has 0 fully saturated rings. The van der Waals surface area contributed by atoms with Gasteiger partial charge in [-0.25, -0.2) is 0 Å². The third kappa shape index (κ3) is 9.16. The second-order valence-electron chi connectivity index (χ2n) is 4.83. The molecule has 1 unspecified atom stereocenters. The quantitative estimate of drug-likeness (QED) is 0.473. The first-order chi connectivity index (χ1) is 8.11. The van der Waals surface area contributed by atoms with Crippen LogP contribution in [0, 0.1) is 0 Å². The van der Waals surface area contributed by atoms with Crippen LogP contribution in [0.3, 0.4) is 0 Å². The summed E-state index contributed by atoms with van der Waals surface area (Å²) in [6.45, 7) is 8.64. The molecule has 1 atom stereocenters. The van der Waals surface area contributed by atoms with E-state index < -0.39 is 0 Å². The highest BCUT2D eigenvalue weighted by molar-refractivity contribution is 5.75. The summed E-state index contributed by atoms with van der Waals surface area (Å²) >= 11 is 0. The van der Waals surface area contributed by atoms with E-state index in [1.54, 1.807) is 0 Å². The Morgan fingerprint density at radius 3 is 2.29 bits per heavy atom. The molecule has 1 N–H and O–H groups in total. The van der Waals surface area contributed by atoms with Crippen LogP contribution in [0.2, 0.25) is 0 Å². The van der Waals surface area contributed by atoms with Crippen molar-refractivity contribution in [1.82, 2.24) is 5.32 Å². The molecule has 0 heterocycles. The Morgan fingerprint density at radius 2 is 1.76 bits per heavy atom. The molecule has 0 radical (unpaired) electrons. The van der Waals surface area contributed by atoms with Crippen molar-refractivity contribution in [2.75, 3.05) is 6.61 Å². The van der Waals surface area contributed by atoms with Crippen molar-refractivity contribution in [2.45, 2.75) is 78.3 Å². The lowest BCUT2D eigenvalue weighted by Gasteiger charge is -2.19. The van der Waals surface area contributed by atoms with Crippen molar-refractivity contribution >= 4 is 5.97 Å². The standard InChI is InChI=1S/C14H29NO2/c1-5-7-8-9-10-11-13(15-12(3)4)14(16)17-6-2/h12-13,15H,5-11H2,1-4H3. The molecular formula is C14H29NO2. The van der Waals surface area contributed by atoms with Crippen LogP contribution < -0.4 is 5.32 Å². The van der Waals surface area contributed by atoms with Gasteiger partial charge in [0.25, 0.3) is 0 Å². The van der Waals surface area contributed by atoms with Crippen LogP contribution in [0.1, 0.15) is 66.2 Å². The molecule has 0 aliphatic heterocycles. The number of unbranched alkanes of at least 4 members (excludes halogenated alkanes) is 4. The molecule has 0 amide bonds. The van der Waals surface area contributed by atoms with Gasteiger partial charge in [0.2, 0.25) is 0 Å². The van der Waals surface area contributed by atoms with Gasteiger partial charge in [0, 0.05) is 6.04 Å². The fourth-order valence-corrected chi connectivity index (χ4v) is 1.87. The summed E-state index contributed by atoms with van der Waals surface area (Å²) in [5, 5.41) is 3.28. The Bertz CT molecular complexity index is 193. The maximum atomic E-state index is 11.7. The van der Waals surface area contributed by atoms with E-state index in [-0.39, 0.29) is 12.0 Å². The Hall–Kier alpha value is -0.570. The SMILES string of the molecule is CCCCCCCC(NC(C)C)C(=O)OCC. The smallest absolute Gasteiger partial charge is 0.323 e. The van der Waals surface area contributed by atoms with Gasteiger partial charge in [-0.1, -0.05) is 52.9 Å². The van der Waals surface area contributed by atoms with Gasteiger partial charge in [-0.15, -0.1) is 0 Å². The van der Waals surface area contributed by atoms with E-state index >= 15 is 0 Å². The largest absolute Gasteiger partial charge is 0.465 e. The number of esters is 1. The fraction of sp³-hybridized carbons (Fsp3) is 0.929. The predicted octanol–water partition coefficient (Wildman–Crippen LogP) is 3.28. The van der Waals surface area contributed by atoms with E-state index in [1.807, 2.05) is 6.92 Å². The molecule has 0 aliphatic carbocycles. The summed E-state index contributed by atoms with van der Waals surface area (Å²) < 4.78 is 5.08. The summed E-state index contributed by atoms with van der Waals surface area (Å²) in [6, 6.07) is 0.191. The molecule has 102 valence electrons. The minimum absolute atomic E-state index is 0.100. The zero-order valence-corrected chi connectivity index (χ0v) is 11.9. The molecule has 0 aromatic heterocycles. The first kappa shape index (κ1) is 16.4. The third-order valence-corrected chi connectivity index (χ3v) is 2.70. The van der Waals surface area contributed by atoms with E-state index in [0.29, 0.717) is 12.6 Å². The second-order valence-corrected chi connectivity index (χ2v) is 4.83. The first-order valence-electron chi connectivity index (χ1n) is 7.04. The minimum Gasteiger partial charge on any atom is -0.465 e. The topological polar surface area (TPSA) is 38.3 Å². The Kier molecular flexibility index (Phi) is 10.2. The molecule has 0 saturated carbocycles. The molecule has 3 heteroatoms. The Balaban J connectivity index is 3.89. The van der Waals surface area contributed by atoms with E-state index in [0.717, 1.165) is 12.8 Å². The molecule has 0 aliphatic rings. The van der Waals surface area contributed by atoms with E-state index in [1.165, 1.54) is 25.7 Å². The molecule has 0 aromatic rings. The summed E-state index contributed by atoms with van der Waals surface area (Å²) in [6.07, 6.45) is 7.02. The van der Waals surface area contributed by atoms with Gasteiger partial charge >= 0.3 is 5.97 Å². The van der Waals surface area contributed by atoms with Gasteiger partial charge in [0.15, 0.2) is 0 Å². The first-order valence-corrected chi connectivity index (χ1v) is 7.04. The molecular weight excluding hydrogens is 214 g/mol. The summed E-state index contributed by atoms with van der Waals surface area (Å²) in [5.74, 6) is -0.100. The number of hydrogen-bond acceptors (Lipinski definition) is 3. The van der Waals surface area contributed by atoms with E-state index in [4.69, 9.17) is 4.74 Å². The van der Waals surface area contributed by atoms with Crippen LogP contribution in [-0.2, 0) is 9.53 Å². The third-order valence-electron chi connectivity index (χ3n) is 2.70. The summed E-state index contributed by atoms with van der Waals surface area (Å²) in [7, 11) is 0. The molecule has 0 spiro atoms. The fourth-order valence-electron chi connectivity index (χ4n) is 1.87. The summed E-state index contributed by atoms with van der Waals surface area (Å²) in [4.78, 5) is 11.7. The van der Waals surface area contributed by atoms with Gasteiger partial charge in [-0.3, -0.25) is 4.79 Å². The minimum atomic E-state index is -0.128. The van der Waals surface area contributed by atoms with E-state index in [2.05, 4.69) is 26.1 Å². The highest BCUT2D eigenvalue weighted by atomic mass is 16.5. The van der Waals surface area contributed by atoms with Crippen molar-refractivity contribution in [2.24, 2.45) is 0 Å². The van der Waals surface area contributed by atoms with Crippen molar-refractivity contribution < 1.29 is 9.53 Å². The van der Waals surface area contributed by atoms with Crippen molar-refractivity contribution in [1.29, 1.82) is 0 Å². The lowest BCUT2D eigenvalue weighted by Crippen LogP contribution is -2.41. The highest BCUT2D eigenvalue weighted by Gasteiger charge is 2.19. The van der Waals surface area contributed by atoms with Crippen LogP contribution >= 0.6 is 0 Å². The van der Waals surface area contributed by atoms with E-state index in [9.17, 15) is 4.79 Å². The van der Waals surface area contributed by atoms with Crippen LogP contribution in [0.5, 0.6) is 0 Å². The number of carbonyl (C=O) groups excluding carboxylic acids is 1. The monoisotopic (exact) mass is 243 g/mol. The average Bonchev–Trinajstić information content (AvgIpc) is 2.27. The maximum Gasteiger partial charge on any atom is 0.323 e. The van der Waals surface area contributed by atoms with Gasteiger partial charge in [0.05, 0.1) is 6.61 Å². The summed E-state index contributed by atoms with van der Waals surface area (Å²) in [5.41, 5.74) is 0. The van der Waals surface area contributed by atoms with Gasteiger partial charge in [-0.05, 0) is 13.3 Å². The molecule has 0 rings (SSSR count). The molecule has 0 saturated heterocycles. The van der Waals surface area contributed by atoms with Crippen LogP contribution in [-0.4, -0.2) is 24.7 Å². The van der Waals surface area contributed by atoms with Crippen LogP contribution in [0.4, 0.5) is 0 Å². The number of hydrogen-bond donors (Lipinski definition) is 1. The average molecular weight is 243 g/mol. The lowest BCUT2D eigenvalue weighted by molar-refractivity contribution is -0.146. The highest BCUT2D eigenvalue weighted by Crippen LogP contribution is 2.09. The normalized spacial score (nSPS) is 12.8. The molecule has 17 heavy (non-hydrogen) atoms. The Morgan fingerprint density at radius 1 is 1.12 bits per heavy atom. The number of carbonyl (C=O) groups is 1. The van der Waals surface area contributed by atoms with Crippen LogP contribution in [0.15, 0.2) is 0 Å². The molecule has 3 nitrogen and oxygen atoms in total. The van der Waals surface area contributed by atoms with Crippen molar-refractivity contribution in [3.8, 4) is 0 Å². The number of rotatable bonds is 10. The zero-order chi connectivity index (χ0) is 13.1. The molecule has 0 bridgehead atoms. The lowest BCUT2D eigenvalue weighted by atomic mass is 10.1. The maximum absolute atomic E-state index is 11.7. The molecule has 0 aromatic carbocycles. The second kappa shape index (κ2) is 10.6. The van der Waals surface area contributed by atoms with Gasteiger partial charge in [0.1, 0.15) is 6.04 Å². The van der Waals surface area contributed by atoms with Gasteiger partial charge < -0.3 is 10.1 Å². The predicted molar refractivity (Wildman–Crippen MR) is 72.1 cm³/mol. The number of nitrogens with one attached hydrogen (secondary N) is 1. The number of ether oxygens (including phenoxy) is 1. The van der Waals surface area contributed by atoms with Crippen molar-refractivity contribution in [3.05, 3.63) is 0 Å². The van der Waals surface area contributed by atoms with Gasteiger partial charge in [-0.2, -0.15) is 0 Å².